The van der Waals surface area contributed by atoms with Gasteiger partial charge in [-0.15, -0.1) is 24.0 Å². The number of carbonyl (C=O) groups excluding carboxylic acids is 1. The molecule has 3 rings (SSSR count). The molecule has 1 aromatic carbocycles. The van der Waals surface area contributed by atoms with Crippen LogP contribution in [0.3, 0.4) is 0 Å². The Morgan fingerprint density at radius 3 is 2.77 bits per heavy atom. The van der Waals surface area contributed by atoms with Gasteiger partial charge in [0.05, 0.1) is 7.11 Å². The molecule has 2 saturated heterocycles. The van der Waals surface area contributed by atoms with Gasteiger partial charge in [0.1, 0.15) is 5.75 Å². The first-order chi connectivity index (χ1) is 14.0. The van der Waals surface area contributed by atoms with Crippen LogP contribution in [0, 0.1) is 11.8 Å². The maximum Gasteiger partial charge on any atom is 0.225 e. The molecule has 0 aliphatic carbocycles. The molecule has 2 aliphatic heterocycles. The molecule has 0 radical (unpaired) electrons. The first kappa shape index (κ1) is 24.6. The van der Waals surface area contributed by atoms with Crippen molar-refractivity contribution < 1.29 is 9.53 Å². The highest BCUT2D eigenvalue weighted by molar-refractivity contribution is 14.0. The SMILES string of the molecule is CN=C(NCC1CCN(c2cccc(OC)c2)C1)NC1CCN(C(=O)C(C)C)C1.I. The summed E-state index contributed by atoms with van der Waals surface area (Å²) in [6.07, 6.45) is 2.12. The van der Waals surface area contributed by atoms with Gasteiger partial charge >= 0.3 is 0 Å². The van der Waals surface area contributed by atoms with Crippen LogP contribution in [0.1, 0.15) is 26.7 Å². The molecule has 1 amide bonds. The fourth-order valence-electron chi connectivity index (χ4n) is 4.11. The van der Waals surface area contributed by atoms with E-state index in [-0.39, 0.29) is 41.8 Å². The number of rotatable bonds is 6. The minimum Gasteiger partial charge on any atom is -0.497 e. The average molecular weight is 529 g/mol. The zero-order valence-electron chi connectivity index (χ0n) is 18.6. The lowest BCUT2D eigenvalue weighted by Gasteiger charge is -2.22. The maximum atomic E-state index is 12.2. The largest absolute Gasteiger partial charge is 0.497 e. The second kappa shape index (κ2) is 11.6. The minimum atomic E-state index is 0. The highest BCUT2D eigenvalue weighted by atomic mass is 127. The van der Waals surface area contributed by atoms with Crippen molar-refractivity contribution in [3.05, 3.63) is 24.3 Å². The summed E-state index contributed by atoms with van der Waals surface area (Å²) < 4.78 is 5.35. The number of halogens is 1. The van der Waals surface area contributed by atoms with Crippen LogP contribution < -0.4 is 20.3 Å². The Hall–Kier alpha value is -1.71. The van der Waals surface area contributed by atoms with E-state index < -0.39 is 0 Å². The third-order valence-electron chi connectivity index (χ3n) is 5.82. The summed E-state index contributed by atoms with van der Waals surface area (Å²) >= 11 is 0. The molecule has 0 saturated carbocycles. The number of aliphatic imine (C=N–C) groups is 1. The molecule has 30 heavy (non-hydrogen) atoms. The quantitative estimate of drug-likeness (QED) is 0.337. The van der Waals surface area contributed by atoms with Crippen molar-refractivity contribution in [2.75, 3.05) is 51.8 Å². The number of guanidine groups is 1. The molecule has 2 aliphatic rings. The Balaban J connectivity index is 0.00000320. The second-order valence-electron chi connectivity index (χ2n) is 8.32. The Morgan fingerprint density at radius 2 is 2.07 bits per heavy atom. The second-order valence-corrected chi connectivity index (χ2v) is 8.32. The fraction of sp³-hybridized carbons (Fsp3) is 0.636. The molecule has 7 nitrogen and oxygen atoms in total. The molecule has 0 aromatic heterocycles. The van der Waals surface area contributed by atoms with Crippen LogP contribution in [0.5, 0.6) is 5.75 Å². The summed E-state index contributed by atoms with van der Waals surface area (Å²) in [4.78, 5) is 20.9. The Kier molecular flexibility index (Phi) is 9.51. The standard InChI is InChI=1S/C22H35N5O2.HI/c1-16(2)21(28)27-11-9-18(15-27)25-22(23-3)24-13-17-8-10-26(14-17)19-6-5-7-20(12-19)29-4;/h5-7,12,16-18H,8-11,13-15H2,1-4H3,(H2,23,24,25);1H. The van der Waals surface area contributed by atoms with Crippen LogP contribution >= 0.6 is 24.0 Å². The number of anilines is 1. The number of amides is 1. The Labute approximate surface area is 197 Å². The van der Waals surface area contributed by atoms with Crippen molar-refractivity contribution in [1.82, 2.24) is 15.5 Å². The topological polar surface area (TPSA) is 69.2 Å². The van der Waals surface area contributed by atoms with Crippen LogP contribution in [0.2, 0.25) is 0 Å². The van der Waals surface area contributed by atoms with Gasteiger partial charge < -0.3 is 25.2 Å². The lowest BCUT2D eigenvalue weighted by molar-refractivity contribution is -0.133. The molecule has 1 aromatic rings. The number of nitrogens with one attached hydrogen (secondary N) is 2. The van der Waals surface area contributed by atoms with E-state index in [9.17, 15) is 4.79 Å². The maximum absolute atomic E-state index is 12.2. The van der Waals surface area contributed by atoms with E-state index in [1.165, 1.54) is 5.69 Å². The van der Waals surface area contributed by atoms with Crippen LogP contribution in [0.25, 0.3) is 0 Å². The van der Waals surface area contributed by atoms with Gasteiger partial charge in [-0.2, -0.15) is 0 Å². The molecule has 2 N–H and O–H groups in total. The molecule has 8 heteroatoms. The van der Waals surface area contributed by atoms with Crippen LogP contribution in [-0.2, 0) is 4.79 Å². The molecular formula is C22H36IN5O2. The zero-order valence-corrected chi connectivity index (χ0v) is 20.9. The number of hydrogen-bond acceptors (Lipinski definition) is 4. The van der Waals surface area contributed by atoms with E-state index in [4.69, 9.17) is 4.74 Å². The minimum absolute atomic E-state index is 0. The van der Waals surface area contributed by atoms with Crippen molar-refractivity contribution in [3.63, 3.8) is 0 Å². The summed E-state index contributed by atoms with van der Waals surface area (Å²) in [6.45, 7) is 8.47. The van der Waals surface area contributed by atoms with Crippen LogP contribution in [0.4, 0.5) is 5.69 Å². The third kappa shape index (κ3) is 6.39. The molecule has 0 bridgehead atoms. The summed E-state index contributed by atoms with van der Waals surface area (Å²) in [5.74, 6) is 2.59. The number of nitrogens with zero attached hydrogens (tertiary/aromatic N) is 3. The number of ether oxygens (including phenoxy) is 1. The first-order valence-electron chi connectivity index (χ1n) is 10.6. The number of benzene rings is 1. The summed E-state index contributed by atoms with van der Waals surface area (Å²) in [7, 11) is 3.51. The number of hydrogen-bond donors (Lipinski definition) is 2. The monoisotopic (exact) mass is 529 g/mol. The summed E-state index contributed by atoms with van der Waals surface area (Å²) in [5, 5.41) is 6.97. The highest BCUT2D eigenvalue weighted by Gasteiger charge is 2.28. The third-order valence-corrected chi connectivity index (χ3v) is 5.82. The van der Waals surface area contributed by atoms with E-state index in [0.717, 1.165) is 57.3 Å². The van der Waals surface area contributed by atoms with Crippen LogP contribution in [-0.4, -0.2) is 69.7 Å². The highest BCUT2D eigenvalue weighted by Crippen LogP contribution is 2.26. The predicted octanol–water partition coefficient (Wildman–Crippen LogP) is 2.56. The molecule has 0 spiro atoms. The fourth-order valence-corrected chi connectivity index (χ4v) is 4.11. The lowest BCUT2D eigenvalue weighted by atomic mass is 10.1. The van der Waals surface area contributed by atoms with E-state index in [0.29, 0.717) is 5.92 Å². The van der Waals surface area contributed by atoms with Crippen molar-refractivity contribution >= 4 is 41.5 Å². The predicted molar refractivity (Wildman–Crippen MR) is 133 cm³/mol. The van der Waals surface area contributed by atoms with Gasteiger partial charge in [-0.05, 0) is 30.9 Å². The first-order valence-corrected chi connectivity index (χ1v) is 10.6. The number of likely N-dealkylation sites (tertiary alicyclic amines) is 1. The van der Waals surface area contributed by atoms with Gasteiger partial charge in [0.2, 0.25) is 5.91 Å². The van der Waals surface area contributed by atoms with Gasteiger partial charge in [-0.3, -0.25) is 9.79 Å². The molecule has 2 unspecified atom stereocenters. The van der Waals surface area contributed by atoms with E-state index >= 15 is 0 Å². The van der Waals surface area contributed by atoms with Gasteiger partial charge in [-0.1, -0.05) is 19.9 Å². The van der Waals surface area contributed by atoms with Gasteiger partial charge in [0.25, 0.3) is 0 Å². The lowest BCUT2D eigenvalue weighted by Crippen LogP contribution is -2.46. The number of carbonyl (C=O) groups is 1. The summed E-state index contributed by atoms with van der Waals surface area (Å²) in [5.41, 5.74) is 1.22. The van der Waals surface area contributed by atoms with E-state index in [2.05, 4.69) is 32.7 Å². The van der Waals surface area contributed by atoms with E-state index in [1.807, 2.05) is 30.9 Å². The van der Waals surface area contributed by atoms with Crippen molar-refractivity contribution in [3.8, 4) is 5.75 Å². The van der Waals surface area contributed by atoms with Gasteiger partial charge in [0, 0.05) is 63.5 Å². The summed E-state index contributed by atoms with van der Waals surface area (Å²) in [6, 6.07) is 8.53. The number of methoxy groups -OCH3 is 1. The normalized spacial score (nSPS) is 21.6. The zero-order chi connectivity index (χ0) is 20.8. The molecule has 2 atom stereocenters. The van der Waals surface area contributed by atoms with E-state index in [1.54, 1.807) is 14.2 Å². The van der Waals surface area contributed by atoms with Gasteiger partial charge in [0.15, 0.2) is 5.96 Å². The smallest absolute Gasteiger partial charge is 0.225 e. The van der Waals surface area contributed by atoms with Gasteiger partial charge in [-0.25, -0.2) is 0 Å². The molecular weight excluding hydrogens is 493 g/mol. The van der Waals surface area contributed by atoms with Crippen molar-refractivity contribution in [2.24, 2.45) is 16.8 Å². The average Bonchev–Trinajstić information content (AvgIpc) is 3.40. The molecule has 2 heterocycles. The van der Waals surface area contributed by atoms with Crippen LogP contribution in [0.15, 0.2) is 29.3 Å². The van der Waals surface area contributed by atoms with Crippen molar-refractivity contribution in [2.45, 2.75) is 32.7 Å². The van der Waals surface area contributed by atoms with Crippen molar-refractivity contribution in [1.29, 1.82) is 0 Å². The Bertz CT molecular complexity index is 727. The Morgan fingerprint density at radius 1 is 1.27 bits per heavy atom. The molecule has 168 valence electrons. The molecule has 2 fully saturated rings.